The average molecular weight is 356 g/mol. The highest BCUT2D eigenvalue weighted by molar-refractivity contribution is 9.10. The zero-order valence-electron chi connectivity index (χ0n) is 10.7. The van der Waals surface area contributed by atoms with Crippen LogP contribution in [0.25, 0.3) is 0 Å². The summed E-state index contributed by atoms with van der Waals surface area (Å²) < 4.78 is 19.1. The van der Waals surface area contributed by atoms with Gasteiger partial charge in [-0.25, -0.2) is 4.39 Å². The molecule has 0 aliphatic heterocycles. The maximum absolute atomic E-state index is 13.5. The van der Waals surface area contributed by atoms with Gasteiger partial charge in [0, 0.05) is 30.7 Å². The van der Waals surface area contributed by atoms with E-state index in [-0.39, 0.29) is 37.3 Å². The smallest absolute Gasteiger partial charge is 0.241 e. The van der Waals surface area contributed by atoms with Crippen LogP contribution in [0.4, 0.5) is 4.39 Å². The van der Waals surface area contributed by atoms with Gasteiger partial charge in [-0.15, -0.1) is 12.4 Å². The lowest BCUT2D eigenvalue weighted by atomic mass is 10.2. The summed E-state index contributed by atoms with van der Waals surface area (Å²) in [4.78, 5) is 13.2. The van der Waals surface area contributed by atoms with Crippen LogP contribution >= 0.6 is 28.3 Å². The monoisotopic (exact) mass is 354 g/mol. The number of nitrogens with two attached hydrogens (primary N) is 1. The van der Waals surface area contributed by atoms with E-state index in [4.69, 9.17) is 10.5 Å². The number of hydrogen-bond acceptors (Lipinski definition) is 3. The van der Waals surface area contributed by atoms with Crippen molar-refractivity contribution in [3.63, 3.8) is 0 Å². The van der Waals surface area contributed by atoms with Crippen LogP contribution in [0.5, 0.6) is 0 Å². The van der Waals surface area contributed by atoms with Crippen LogP contribution in [0.3, 0.4) is 0 Å². The maximum atomic E-state index is 13.5. The lowest BCUT2D eigenvalue weighted by Crippen LogP contribution is -2.44. The third-order valence-electron chi connectivity index (χ3n) is 2.45. The molecule has 0 saturated carbocycles. The van der Waals surface area contributed by atoms with Gasteiger partial charge in [-0.1, -0.05) is 15.9 Å². The van der Waals surface area contributed by atoms with Crippen molar-refractivity contribution in [1.29, 1.82) is 0 Å². The molecule has 0 aliphatic carbocycles. The van der Waals surface area contributed by atoms with Gasteiger partial charge in [-0.3, -0.25) is 4.79 Å². The fourth-order valence-electron chi connectivity index (χ4n) is 1.53. The van der Waals surface area contributed by atoms with E-state index in [0.29, 0.717) is 5.56 Å². The average Bonchev–Trinajstić information content (AvgIpc) is 2.33. The van der Waals surface area contributed by atoms with Crippen LogP contribution in [0.2, 0.25) is 0 Å². The number of benzene rings is 1. The summed E-state index contributed by atoms with van der Waals surface area (Å²) in [5, 5.41) is 0. The Morgan fingerprint density at radius 2 is 2.21 bits per heavy atom. The minimum absolute atomic E-state index is 0. The van der Waals surface area contributed by atoms with E-state index in [0.717, 1.165) is 4.47 Å². The molecule has 1 rings (SSSR count). The largest absolute Gasteiger partial charge is 0.383 e. The number of likely N-dealkylation sites (N-methyl/N-ethyl adjacent to an activating group) is 1. The molecule has 0 spiro atoms. The number of hydrogen-bond donors (Lipinski definition) is 1. The fraction of sp³-hybridized carbons (Fsp3) is 0.417. The van der Waals surface area contributed by atoms with Gasteiger partial charge in [-0.2, -0.15) is 0 Å². The van der Waals surface area contributed by atoms with Crippen molar-refractivity contribution in [2.24, 2.45) is 5.73 Å². The van der Waals surface area contributed by atoms with Crippen molar-refractivity contribution in [2.45, 2.75) is 12.6 Å². The Labute approximate surface area is 126 Å². The summed E-state index contributed by atoms with van der Waals surface area (Å²) in [7, 11) is 3.05. The van der Waals surface area contributed by atoms with Crippen molar-refractivity contribution in [2.75, 3.05) is 20.8 Å². The Morgan fingerprint density at radius 1 is 1.58 bits per heavy atom. The molecule has 0 saturated heterocycles. The van der Waals surface area contributed by atoms with Gasteiger partial charge in [0.15, 0.2) is 0 Å². The van der Waals surface area contributed by atoms with Gasteiger partial charge >= 0.3 is 0 Å². The number of methoxy groups -OCH3 is 1. The predicted molar refractivity (Wildman–Crippen MR) is 77.7 cm³/mol. The molecule has 2 N–H and O–H groups in total. The molecule has 1 aromatic carbocycles. The van der Waals surface area contributed by atoms with E-state index in [9.17, 15) is 9.18 Å². The summed E-state index contributed by atoms with van der Waals surface area (Å²) in [6.07, 6.45) is 0. The van der Waals surface area contributed by atoms with Crippen LogP contribution < -0.4 is 5.73 Å². The standard InChI is InChI=1S/C12H16BrFN2O2.ClH/c1-16(12(17)11(15)7-18-2)6-8-5-9(13)3-4-10(8)14;/h3-5,11H,6-7,15H2,1-2H3;1H. The van der Waals surface area contributed by atoms with Gasteiger partial charge in [-0.05, 0) is 18.2 Å². The Bertz CT molecular complexity index is 434. The molecule has 1 amide bonds. The Balaban J connectivity index is 0.00000324. The van der Waals surface area contributed by atoms with E-state index in [1.165, 1.54) is 18.1 Å². The molecule has 108 valence electrons. The molecule has 1 atom stereocenters. The SMILES string of the molecule is COCC(N)C(=O)N(C)Cc1cc(Br)ccc1F.Cl. The van der Waals surface area contributed by atoms with Gasteiger partial charge < -0.3 is 15.4 Å². The molecule has 0 radical (unpaired) electrons. The molecule has 0 bridgehead atoms. The molecule has 1 unspecified atom stereocenters. The number of carbonyl (C=O) groups is 1. The molecule has 0 aromatic heterocycles. The quantitative estimate of drug-likeness (QED) is 0.878. The Hall–Kier alpha value is -0.690. The number of ether oxygens (including phenoxy) is 1. The Kier molecular flexibility index (Phi) is 8.17. The van der Waals surface area contributed by atoms with Gasteiger partial charge in [0.05, 0.1) is 6.61 Å². The molecule has 0 aliphatic rings. The molecule has 0 fully saturated rings. The van der Waals surface area contributed by atoms with Crippen LogP contribution in [0.15, 0.2) is 22.7 Å². The summed E-state index contributed by atoms with van der Waals surface area (Å²) in [5.74, 6) is -0.630. The van der Waals surface area contributed by atoms with Crippen LogP contribution in [0.1, 0.15) is 5.56 Å². The van der Waals surface area contributed by atoms with Crippen LogP contribution in [0, 0.1) is 5.82 Å². The first-order valence-corrected chi connectivity index (χ1v) is 6.18. The van der Waals surface area contributed by atoms with Gasteiger partial charge in [0.2, 0.25) is 5.91 Å². The van der Waals surface area contributed by atoms with Crippen LogP contribution in [-0.4, -0.2) is 37.6 Å². The van der Waals surface area contributed by atoms with E-state index >= 15 is 0 Å². The first-order chi connectivity index (χ1) is 8.45. The van der Waals surface area contributed by atoms with Crippen molar-refractivity contribution in [3.05, 3.63) is 34.1 Å². The van der Waals surface area contributed by atoms with Gasteiger partial charge in [0.1, 0.15) is 11.9 Å². The van der Waals surface area contributed by atoms with Crippen molar-refractivity contribution >= 4 is 34.2 Å². The molecular weight excluding hydrogens is 338 g/mol. The molecule has 4 nitrogen and oxygen atoms in total. The third-order valence-corrected chi connectivity index (χ3v) is 2.95. The number of nitrogens with zero attached hydrogens (tertiary/aromatic N) is 1. The van der Waals surface area contributed by atoms with E-state index in [2.05, 4.69) is 15.9 Å². The first kappa shape index (κ1) is 18.3. The van der Waals surface area contributed by atoms with Gasteiger partial charge in [0.25, 0.3) is 0 Å². The molecule has 19 heavy (non-hydrogen) atoms. The van der Waals surface area contributed by atoms with Crippen LogP contribution in [-0.2, 0) is 16.1 Å². The Morgan fingerprint density at radius 3 is 2.79 bits per heavy atom. The number of amides is 1. The summed E-state index contributed by atoms with van der Waals surface area (Å²) in [6, 6.07) is 3.88. The molecular formula is C12H17BrClFN2O2. The topological polar surface area (TPSA) is 55.6 Å². The summed E-state index contributed by atoms with van der Waals surface area (Å²) in [6.45, 7) is 0.311. The van der Waals surface area contributed by atoms with Crippen molar-refractivity contribution < 1.29 is 13.9 Å². The minimum Gasteiger partial charge on any atom is -0.383 e. The third kappa shape index (κ3) is 5.44. The second kappa shape index (κ2) is 8.47. The summed E-state index contributed by atoms with van der Waals surface area (Å²) in [5.41, 5.74) is 6.07. The number of carbonyl (C=O) groups excluding carboxylic acids is 1. The minimum atomic E-state index is -0.727. The highest BCUT2D eigenvalue weighted by Gasteiger charge is 2.18. The first-order valence-electron chi connectivity index (χ1n) is 5.39. The molecule has 1 aromatic rings. The zero-order valence-corrected chi connectivity index (χ0v) is 13.1. The highest BCUT2D eigenvalue weighted by Crippen LogP contribution is 2.17. The highest BCUT2D eigenvalue weighted by atomic mass is 79.9. The lowest BCUT2D eigenvalue weighted by molar-refractivity contribution is -0.133. The normalized spacial score (nSPS) is 11.6. The fourth-order valence-corrected chi connectivity index (χ4v) is 1.94. The molecule has 7 heteroatoms. The number of halogens is 3. The van der Waals surface area contributed by atoms with E-state index in [1.54, 1.807) is 19.2 Å². The van der Waals surface area contributed by atoms with E-state index < -0.39 is 6.04 Å². The van der Waals surface area contributed by atoms with Crippen molar-refractivity contribution in [1.82, 2.24) is 4.90 Å². The number of rotatable bonds is 5. The second-order valence-electron chi connectivity index (χ2n) is 3.99. The summed E-state index contributed by atoms with van der Waals surface area (Å²) >= 11 is 3.26. The zero-order chi connectivity index (χ0) is 13.7. The lowest BCUT2D eigenvalue weighted by Gasteiger charge is -2.21. The van der Waals surface area contributed by atoms with E-state index in [1.807, 2.05) is 0 Å². The molecule has 0 heterocycles. The predicted octanol–water partition coefficient (Wildman–Crippen LogP) is 1.94. The van der Waals surface area contributed by atoms with Crippen molar-refractivity contribution in [3.8, 4) is 0 Å². The maximum Gasteiger partial charge on any atom is 0.241 e. The second-order valence-corrected chi connectivity index (χ2v) is 4.91.